The van der Waals surface area contributed by atoms with Crippen molar-refractivity contribution in [1.29, 1.82) is 0 Å². The largest absolute Gasteiger partial charge is 0.324 e. The maximum absolute atomic E-state index is 6.22. The van der Waals surface area contributed by atoms with Crippen molar-refractivity contribution in [3.05, 3.63) is 34.9 Å². The number of rotatable bonds is 8. The Balaban J connectivity index is 2.39. The Labute approximate surface area is 126 Å². The molecule has 0 saturated heterocycles. The molecule has 2 N–H and O–H groups in total. The summed E-state index contributed by atoms with van der Waals surface area (Å²) in [4.78, 5) is 2.39. The highest BCUT2D eigenvalue weighted by Crippen LogP contribution is 2.19. The number of nitrogens with two attached hydrogens (primary N) is 1. The fourth-order valence-electron chi connectivity index (χ4n) is 1.98. The lowest BCUT2D eigenvalue weighted by molar-refractivity contribution is 0.244. The van der Waals surface area contributed by atoms with Gasteiger partial charge in [0, 0.05) is 17.1 Å². The first-order chi connectivity index (χ1) is 9.04. The third kappa shape index (κ3) is 6.17. The number of hydrogen-bond donors (Lipinski definition) is 1. The molecule has 2 atom stereocenters. The third-order valence-electron chi connectivity index (χ3n) is 3.56. The molecule has 0 saturated carbocycles. The summed E-state index contributed by atoms with van der Waals surface area (Å²) in [6, 6.07) is 8.53. The number of nitrogens with zero attached hydrogens (tertiary/aromatic N) is 1. The quantitative estimate of drug-likeness (QED) is 0.792. The van der Waals surface area contributed by atoms with Crippen molar-refractivity contribution >= 4 is 23.4 Å². The van der Waals surface area contributed by atoms with E-state index in [0.717, 1.165) is 23.6 Å². The highest BCUT2D eigenvalue weighted by atomic mass is 35.5. The Morgan fingerprint density at radius 1 is 1.37 bits per heavy atom. The van der Waals surface area contributed by atoms with Crippen molar-refractivity contribution in [3.8, 4) is 0 Å². The normalized spacial score (nSPS) is 14.6. The highest BCUT2D eigenvalue weighted by Gasteiger charge is 2.12. The van der Waals surface area contributed by atoms with E-state index in [2.05, 4.69) is 25.1 Å². The summed E-state index contributed by atoms with van der Waals surface area (Å²) in [6.07, 6.45) is 4.34. The molecular weight excluding hydrogens is 276 g/mol. The van der Waals surface area contributed by atoms with Gasteiger partial charge in [0.25, 0.3) is 0 Å². The molecule has 1 aromatic rings. The topological polar surface area (TPSA) is 29.3 Å². The van der Waals surface area contributed by atoms with Gasteiger partial charge in [0.2, 0.25) is 0 Å². The smallest absolute Gasteiger partial charge is 0.0409 e. The summed E-state index contributed by atoms with van der Waals surface area (Å²) < 4.78 is 0. The Kier molecular flexibility index (Phi) is 7.84. The van der Waals surface area contributed by atoms with Crippen LogP contribution in [0.3, 0.4) is 0 Å². The highest BCUT2D eigenvalue weighted by molar-refractivity contribution is 7.98. The van der Waals surface area contributed by atoms with Crippen LogP contribution in [0.4, 0.5) is 0 Å². The first-order valence-electron chi connectivity index (χ1n) is 6.74. The molecule has 2 unspecified atom stereocenters. The van der Waals surface area contributed by atoms with Crippen LogP contribution in [0.25, 0.3) is 0 Å². The summed E-state index contributed by atoms with van der Waals surface area (Å²) in [5.41, 5.74) is 7.35. The fourth-order valence-corrected chi connectivity index (χ4v) is 2.75. The number of thioether (sulfide) groups is 1. The maximum atomic E-state index is 6.22. The van der Waals surface area contributed by atoms with Crippen LogP contribution in [0.1, 0.15) is 31.4 Å². The van der Waals surface area contributed by atoms with Crippen LogP contribution in [0.5, 0.6) is 0 Å². The summed E-state index contributed by atoms with van der Waals surface area (Å²) >= 11 is 7.90. The molecule has 0 aromatic heterocycles. The van der Waals surface area contributed by atoms with Gasteiger partial charge >= 0.3 is 0 Å². The molecule has 0 aliphatic heterocycles. The van der Waals surface area contributed by atoms with Crippen LogP contribution in [0.15, 0.2) is 24.3 Å². The molecule has 0 heterocycles. The Morgan fingerprint density at radius 2 is 2.11 bits per heavy atom. The van der Waals surface area contributed by atoms with Gasteiger partial charge in [-0.25, -0.2) is 0 Å². The van der Waals surface area contributed by atoms with Gasteiger partial charge in [-0.15, -0.1) is 0 Å². The second kappa shape index (κ2) is 8.85. The molecule has 0 amide bonds. The van der Waals surface area contributed by atoms with Gasteiger partial charge in [0.15, 0.2) is 0 Å². The van der Waals surface area contributed by atoms with Crippen molar-refractivity contribution in [1.82, 2.24) is 4.90 Å². The minimum Gasteiger partial charge on any atom is -0.324 e. The monoisotopic (exact) mass is 300 g/mol. The third-order valence-corrected chi connectivity index (χ3v) is 4.44. The minimum absolute atomic E-state index is 0.0638. The summed E-state index contributed by atoms with van der Waals surface area (Å²) in [7, 11) is 2.18. The lowest BCUT2D eigenvalue weighted by Gasteiger charge is -2.26. The van der Waals surface area contributed by atoms with Gasteiger partial charge in [-0.2, -0.15) is 11.8 Å². The summed E-state index contributed by atoms with van der Waals surface area (Å²) in [5.74, 6) is 1.21. The molecule has 1 rings (SSSR count). The number of halogens is 1. The molecule has 0 fully saturated rings. The van der Waals surface area contributed by atoms with E-state index in [1.807, 2.05) is 36.0 Å². The van der Waals surface area contributed by atoms with Crippen LogP contribution in [-0.4, -0.2) is 36.5 Å². The zero-order chi connectivity index (χ0) is 14.3. The second-order valence-electron chi connectivity index (χ2n) is 5.06. The van der Waals surface area contributed by atoms with E-state index in [4.69, 9.17) is 17.3 Å². The van der Waals surface area contributed by atoms with Crippen LogP contribution < -0.4 is 5.73 Å². The van der Waals surface area contributed by atoms with Crippen LogP contribution in [0.2, 0.25) is 5.02 Å². The first-order valence-corrected chi connectivity index (χ1v) is 8.52. The number of hydrogen-bond acceptors (Lipinski definition) is 3. The standard InChI is InChI=1S/C15H25ClN2S/c1-12(8-10-19-3)18(2)9-7-15(17)13-5-4-6-14(16)11-13/h4-6,11-12,15H,7-10,17H2,1-3H3. The molecular formula is C15H25ClN2S. The van der Waals surface area contributed by atoms with Gasteiger partial charge in [-0.3, -0.25) is 0 Å². The zero-order valence-electron chi connectivity index (χ0n) is 12.1. The van der Waals surface area contributed by atoms with Crippen LogP contribution >= 0.6 is 23.4 Å². The van der Waals surface area contributed by atoms with Crippen molar-refractivity contribution in [2.45, 2.75) is 31.8 Å². The second-order valence-corrected chi connectivity index (χ2v) is 6.48. The predicted octanol–water partition coefficient (Wildman–Crippen LogP) is 3.80. The zero-order valence-corrected chi connectivity index (χ0v) is 13.7. The molecule has 19 heavy (non-hydrogen) atoms. The van der Waals surface area contributed by atoms with Gasteiger partial charge in [-0.05, 0) is 63.1 Å². The van der Waals surface area contributed by atoms with E-state index < -0.39 is 0 Å². The molecule has 0 radical (unpaired) electrons. The predicted molar refractivity (Wildman–Crippen MR) is 88.1 cm³/mol. The fraction of sp³-hybridized carbons (Fsp3) is 0.600. The van der Waals surface area contributed by atoms with E-state index in [1.54, 1.807) is 0 Å². The average Bonchev–Trinajstić information content (AvgIpc) is 2.41. The van der Waals surface area contributed by atoms with Gasteiger partial charge in [-0.1, -0.05) is 23.7 Å². The lowest BCUT2D eigenvalue weighted by atomic mass is 10.0. The van der Waals surface area contributed by atoms with Gasteiger partial charge in [0.05, 0.1) is 0 Å². The Morgan fingerprint density at radius 3 is 2.74 bits per heavy atom. The van der Waals surface area contributed by atoms with Crippen molar-refractivity contribution in [2.24, 2.45) is 5.73 Å². The Hall–Kier alpha value is -0.220. The van der Waals surface area contributed by atoms with Crippen LogP contribution in [-0.2, 0) is 0 Å². The maximum Gasteiger partial charge on any atom is 0.0409 e. The average molecular weight is 301 g/mol. The molecule has 0 spiro atoms. The molecule has 0 aliphatic rings. The van der Waals surface area contributed by atoms with E-state index in [1.165, 1.54) is 12.2 Å². The van der Waals surface area contributed by atoms with Gasteiger partial charge in [0.1, 0.15) is 0 Å². The SMILES string of the molecule is CSCCC(C)N(C)CCC(N)c1cccc(Cl)c1. The summed E-state index contributed by atoms with van der Waals surface area (Å²) in [5, 5.41) is 0.759. The summed E-state index contributed by atoms with van der Waals surface area (Å²) in [6.45, 7) is 3.30. The molecule has 0 bridgehead atoms. The molecule has 2 nitrogen and oxygen atoms in total. The van der Waals surface area contributed by atoms with Gasteiger partial charge < -0.3 is 10.6 Å². The Bertz CT molecular complexity index is 373. The van der Waals surface area contributed by atoms with Crippen molar-refractivity contribution < 1.29 is 0 Å². The molecule has 108 valence electrons. The van der Waals surface area contributed by atoms with E-state index >= 15 is 0 Å². The molecule has 4 heteroatoms. The van der Waals surface area contributed by atoms with Crippen molar-refractivity contribution in [3.63, 3.8) is 0 Å². The van der Waals surface area contributed by atoms with E-state index in [-0.39, 0.29) is 6.04 Å². The molecule has 0 aliphatic carbocycles. The number of benzene rings is 1. The molecule has 1 aromatic carbocycles. The first kappa shape index (κ1) is 16.8. The van der Waals surface area contributed by atoms with Crippen molar-refractivity contribution in [2.75, 3.05) is 25.6 Å². The minimum atomic E-state index is 0.0638. The van der Waals surface area contributed by atoms with E-state index in [9.17, 15) is 0 Å². The van der Waals surface area contributed by atoms with E-state index in [0.29, 0.717) is 6.04 Å². The van der Waals surface area contributed by atoms with Crippen LogP contribution in [0, 0.1) is 0 Å². The lowest BCUT2D eigenvalue weighted by Crippen LogP contribution is -2.32.